The Labute approximate surface area is 124 Å². The number of aliphatic hydroxyl groups is 1. The number of hydrogen-bond donors (Lipinski definition) is 1. The molecule has 2 aromatic rings. The molecule has 0 saturated carbocycles. The predicted molar refractivity (Wildman–Crippen MR) is 75.7 cm³/mol. The summed E-state index contributed by atoms with van der Waals surface area (Å²) < 4.78 is 32.1. The minimum absolute atomic E-state index is 0.0665. The van der Waals surface area contributed by atoms with Crippen molar-refractivity contribution in [2.75, 3.05) is 7.11 Å². The predicted octanol–water partition coefficient (Wildman–Crippen LogP) is 4.01. The van der Waals surface area contributed by atoms with Gasteiger partial charge in [0.1, 0.15) is 17.4 Å². The molecule has 2 aromatic carbocycles. The molecule has 0 radical (unpaired) electrons. The zero-order valence-electron chi connectivity index (χ0n) is 10.7. The number of hydrogen-bond acceptors (Lipinski definition) is 2. The average molecular weight is 343 g/mol. The fraction of sp³-hybridized carbons (Fsp3) is 0.200. The molecular formula is C15H13BrF2O2. The molecule has 0 bridgehead atoms. The van der Waals surface area contributed by atoms with Crippen LogP contribution in [0.4, 0.5) is 8.78 Å². The highest BCUT2D eigenvalue weighted by molar-refractivity contribution is 9.10. The van der Waals surface area contributed by atoms with Gasteiger partial charge in [0.2, 0.25) is 0 Å². The highest BCUT2D eigenvalue weighted by Gasteiger charge is 2.15. The Morgan fingerprint density at radius 1 is 1.20 bits per heavy atom. The number of methoxy groups -OCH3 is 1. The van der Waals surface area contributed by atoms with Crippen LogP contribution in [0.2, 0.25) is 0 Å². The summed E-state index contributed by atoms with van der Waals surface area (Å²) in [5.41, 5.74) is 0.885. The van der Waals surface area contributed by atoms with E-state index in [2.05, 4.69) is 15.9 Å². The van der Waals surface area contributed by atoms with Gasteiger partial charge in [-0.1, -0.05) is 28.1 Å². The topological polar surface area (TPSA) is 29.5 Å². The molecule has 0 aliphatic heterocycles. The van der Waals surface area contributed by atoms with Gasteiger partial charge < -0.3 is 9.84 Å². The van der Waals surface area contributed by atoms with Crippen molar-refractivity contribution < 1.29 is 18.6 Å². The van der Waals surface area contributed by atoms with E-state index < -0.39 is 17.7 Å². The second-order valence-corrected chi connectivity index (χ2v) is 5.20. The Morgan fingerprint density at radius 3 is 2.55 bits per heavy atom. The van der Waals surface area contributed by atoms with Gasteiger partial charge in [0, 0.05) is 17.0 Å². The van der Waals surface area contributed by atoms with Gasteiger partial charge in [-0.2, -0.15) is 0 Å². The van der Waals surface area contributed by atoms with Gasteiger partial charge in [0.15, 0.2) is 0 Å². The lowest BCUT2D eigenvalue weighted by Gasteiger charge is -2.14. The van der Waals surface area contributed by atoms with Crippen molar-refractivity contribution in [3.63, 3.8) is 0 Å². The van der Waals surface area contributed by atoms with E-state index >= 15 is 0 Å². The van der Waals surface area contributed by atoms with Crippen molar-refractivity contribution >= 4 is 15.9 Å². The van der Waals surface area contributed by atoms with Crippen LogP contribution in [-0.4, -0.2) is 12.2 Å². The van der Waals surface area contributed by atoms with Crippen LogP contribution >= 0.6 is 15.9 Å². The molecule has 0 fully saturated rings. The fourth-order valence-electron chi connectivity index (χ4n) is 1.91. The van der Waals surface area contributed by atoms with Crippen LogP contribution in [0.3, 0.4) is 0 Å². The van der Waals surface area contributed by atoms with E-state index in [1.165, 1.54) is 12.1 Å². The molecule has 0 heterocycles. The zero-order valence-corrected chi connectivity index (χ0v) is 12.3. The van der Waals surface area contributed by atoms with Crippen molar-refractivity contribution in [2.24, 2.45) is 0 Å². The largest absolute Gasteiger partial charge is 0.497 e. The summed E-state index contributed by atoms with van der Waals surface area (Å²) in [5.74, 6) is -0.638. The molecule has 2 nitrogen and oxygen atoms in total. The normalized spacial score (nSPS) is 12.2. The summed E-state index contributed by atoms with van der Waals surface area (Å²) in [5, 5.41) is 10.2. The van der Waals surface area contributed by atoms with Gasteiger partial charge in [-0.3, -0.25) is 0 Å². The standard InChI is InChI=1S/C15H13BrF2O2/c1-20-11-4-5-12(13(16)8-11)15(19)6-9-2-3-10(17)7-14(9)18/h2-5,7-8,15,19H,6H2,1H3. The van der Waals surface area contributed by atoms with E-state index in [1.807, 2.05) is 0 Å². The molecule has 1 atom stereocenters. The first-order valence-corrected chi connectivity index (χ1v) is 6.76. The summed E-state index contributed by atoms with van der Waals surface area (Å²) >= 11 is 3.34. The van der Waals surface area contributed by atoms with Crippen molar-refractivity contribution in [2.45, 2.75) is 12.5 Å². The highest BCUT2D eigenvalue weighted by Crippen LogP contribution is 2.30. The zero-order chi connectivity index (χ0) is 14.7. The maximum atomic E-state index is 13.6. The summed E-state index contributed by atoms with van der Waals surface area (Å²) in [6, 6.07) is 8.46. The number of rotatable bonds is 4. The number of halogens is 3. The first-order valence-electron chi connectivity index (χ1n) is 5.96. The maximum Gasteiger partial charge on any atom is 0.129 e. The van der Waals surface area contributed by atoms with Crippen LogP contribution in [0.5, 0.6) is 5.75 Å². The molecule has 0 amide bonds. The SMILES string of the molecule is COc1ccc(C(O)Cc2ccc(F)cc2F)c(Br)c1. The minimum atomic E-state index is -0.893. The quantitative estimate of drug-likeness (QED) is 0.909. The van der Waals surface area contributed by atoms with Gasteiger partial charge in [0.25, 0.3) is 0 Å². The molecule has 0 saturated heterocycles. The van der Waals surface area contributed by atoms with Gasteiger partial charge in [-0.05, 0) is 29.3 Å². The van der Waals surface area contributed by atoms with Gasteiger partial charge in [-0.25, -0.2) is 8.78 Å². The van der Waals surface area contributed by atoms with Gasteiger partial charge in [0.05, 0.1) is 13.2 Å². The summed E-state index contributed by atoms with van der Waals surface area (Å²) in [6.07, 6.45) is -0.827. The van der Waals surface area contributed by atoms with E-state index in [1.54, 1.807) is 25.3 Å². The molecule has 0 aliphatic rings. The van der Waals surface area contributed by atoms with Crippen molar-refractivity contribution in [3.8, 4) is 5.75 Å². The van der Waals surface area contributed by atoms with Crippen molar-refractivity contribution in [3.05, 3.63) is 63.6 Å². The van der Waals surface area contributed by atoms with Crippen LogP contribution in [-0.2, 0) is 6.42 Å². The van der Waals surface area contributed by atoms with E-state index in [4.69, 9.17) is 4.74 Å². The summed E-state index contributed by atoms with van der Waals surface area (Å²) in [4.78, 5) is 0. The van der Waals surface area contributed by atoms with E-state index in [9.17, 15) is 13.9 Å². The molecule has 2 rings (SSSR count). The molecule has 106 valence electrons. The Bertz CT molecular complexity index is 617. The number of aliphatic hydroxyl groups excluding tert-OH is 1. The van der Waals surface area contributed by atoms with Crippen molar-refractivity contribution in [1.29, 1.82) is 0 Å². The third-order valence-corrected chi connectivity index (χ3v) is 3.68. The monoisotopic (exact) mass is 342 g/mol. The van der Waals surface area contributed by atoms with Crippen LogP contribution in [0.25, 0.3) is 0 Å². The van der Waals surface area contributed by atoms with Crippen LogP contribution < -0.4 is 4.74 Å². The molecule has 1 unspecified atom stereocenters. The molecule has 0 spiro atoms. The van der Waals surface area contributed by atoms with E-state index in [-0.39, 0.29) is 12.0 Å². The lowest BCUT2D eigenvalue weighted by Crippen LogP contribution is -2.05. The molecule has 5 heteroatoms. The summed E-state index contributed by atoms with van der Waals surface area (Å²) in [6.45, 7) is 0. The molecule has 0 aliphatic carbocycles. The lowest BCUT2D eigenvalue weighted by molar-refractivity contribution is 0.176. The Kier molecular flexibility index (Phi) is 4.73. The van der Waals surface area contributed by atoms with Crippen molar-refractivity contribution in [1.82, 2.24) is 0 Å². The number of ether oxygens (including phenoxy) is 1. The smallest absolute Gasteiger partial charge is 0.129 e. The first-order chi connectivity index (χ1) is 9.51. The minimum Gasteiger partial charge on any atom is -0.497 e. The first kappa shape index (κ1) is 14.9. The Balaban J connectivity index is 2.21. The molecular weight excluding hydrogens is 330 g/mol. The van der Waals surface area contributed by atoms with Crippen LogP contribution in [0.15, 0.2) is 40.9 Å². The van der Waals surface area contributed by atoms with Crippen LogP contribution in [0.1, 0.15) is 17.2 Å². The Hall–Kier alpha value is -1.46. The second-order valence-electron chi connectivity index (χ2n) is 4.34. The highest BCUT2D eigenvalue weighted by atomic mass is 79.9. The van der Waals surface area contributed by atoms with E-state index in [0.29, 0.717) is 15.8 Å². The lowest BCUT2D eigenvalue weighted by atomic mass is 10.0. The number of benzene rings is 2. The molecule has 20 heavy (non-hydrogen) atoms. The molecule has 1 N–H and O–H groups in total. The maximum absolute atomic E-state index is 13.6. The third kappa shape index (κ3) is 3.35. The summed E-state index contributed by atoms with van der Waals surface area (Å²) in [7, 11) is 1.55. The average Bonchev–Trinajstić information content (AvgIpc) is 2.41. The second kappa shape index (κ2) is 6.33. The van der Waals surface area contributed by atoms with E-state index in [0.717, 1.165) is 6.07 Å². The van der Waals surface area contributed by atoms with Gasteiger partial charge >= 0.3 is 0 Å². The van der Waals surface area contributed by atoms with Crippen LogP contribution in [0, 0.1) is 11.6 Å². The molecule has 0 aromatic heterocycles. The Morgan fingerprint density at radius 2 is 1.95 bits per heavy atom. The van der Waals surface area contributed by atoms with Gasteiger partial charge in [-0.15, -0.1) is 0 Å². The third-order valence-electron chi connectivity index (χ3n) is 2.99. The fourth-order valence-corrected chi connectivity index (χ4v) is 2.53.